The molecule has 0 fully saturated rings. The molecule has 0 spiro atoms. The van der Waals surface area contributed by atoms with E-state index in [1.54, 1.807) is 0 Å². The van der Waals surface area contributed by atoms with Gasteiger partial charge in [-0.2, -0.15) is 0 Å². The third-order valence-corrected chi connectivity index (χ3v) is 2.76. The third kappa shape index (κ3) is 3.05. The maximum atomic E-state index is 13.2. The van der Waals surface area contributed by atoms with E-state index in [1.165, 1.54) is 18.5 Å². The van der Waals surface area contributed by atoms with Gasteiger partial charge < -0.3 is 5.32 Å². The van der Waals surface area contributed by atoms with E-state index in [9.17, 15) is 8.78 Å². The van der Waals surface area contributed by atoms with Gasteiger partial charge >= 0.3 is 0 Å². The summed E-state index contributed by atoms with van der Waals surface area (Å²) in [4.78, 5) is 8.25. The van der Waals surface area contributed by atoms with Crippen molar-refractivity contribution in [1.29, 1.82) is 0 Å². The Kier molecular flexibility index (Phi) is 4.04. The first-order valence-electron chi connectivity index (χ1n) is 6.13. The van der Waals surface area contributed by atoms with Crippen molar-refractivity contribution in [2.24, 2.45) is 0 Å². The highest BCUT2D eigenvalue weighted by Gasteiger charge is 2.10. The molecule has 2 aromatic rings. The van der Waals surface area contributed by atoms with E-state index in [2.05, 4.69) is 15.3 Å². The number of anilines is 1. The zero-order valence-corrected chi connectivity index (χ0v) is 10.9. The Balaban J connectivity index is 2.44. The molecule has 1 aromatic heterocycles. The van der Waals surface area contributed by atoms with Crippen LogP contribution in [0.5, 0.6) is 0 Å². The van der Waals surface area contributed by atoms with E-state index in [-0.39, 0.29) is 0 Å². The second-order valence-electron chi connectivity index (χ2n) is 4.28. The standard InChI is InChI=1S/C14H15F2N3/c1-3-4-17-14-9(2)13(18-8-19-14)10-5-11(15)7-12(16)6-10/h5-8H,3-4H2,1-2H3,(H,17,18,19). The predicted molar refractivity (Wildman–Crippen MR) is 70.9 cm³/mol. The summed E-state index contributed by atoms with van der Waals surface area (Å²) >= 11 is 0. The molecule has 19 heavy (non-hydrogen) atoms. The topological polar surface area (TPSA) is 37.8 Å². The van der Waals surface area contributed by atoms with Gasteiger partial charge in [0.05, 0.1) is 5.69 Å². The summed E-state index contributed by atoms with van der Waals surface area (Å²) in [6.45, 7) is 4.66. The fourth-order valence-corrected chi connectivity index (χ4v) is 1.85. The predicted octanol–water partition coefficient (Wildman–Crippen LogP) is 3.55. The van der Waals surface area contributed by atoms with E-state index in [4.69, 9.17) is 0 Å². The van der Waals surface area contributed by atoms with Crippen molar-refractivity contribution in [3.05, 3.63) is 41.7 Å². The Bertz CT molecular complexity index is 565. The maximum absolute atomic E-state index is 13.2. The van der Waals surface area contributed by atoms with Crippen LogP contribution in [0.1, 0.15) is 18.9 Å². The Hall–Kier alpha value is -2.04. The molecule has 0 aliphatic heterocycles. The van der Waals surface area contributed by atoms with E-state index in [0.29, 0.717) is 17.1 Å². The quantitative estimate of drug-likeness (QED) is 0.916. The summed E-state index contributed by atoms with van der Waals surface area (Å²) in [5.74, 6) is -0.538. The lowest BCUT2D eigenvalue weighted by Gasteiger charge is -2.11. The van der Waals surface area contributed by atoms with Crippen LogP contribution in [-0.2, 0) is 0 Å². The highest BCUT2D eigenvalue weighted by Crippen LogP contribution is 2.26. The first-order chi connectivity index (χ1) is 9.11. The summed E-state index contributed by atoms with van der Waals surface area (Å²) in [6, 6.07) is 3.38. The minimum Gasteiger partial charge on any atom is -0.370 e. The fourth-order valence-electron chi connectivity index (χ4n) is 1.85. The van der Waals surface area contributed by atoms with Crippen LogP contribution in [-0.4, -0.2) is 16.5 Å². The molecule has 0 unspecified atom stereocenters. The lowest BCUT2D eigenvalue weighted by molar-refractivity contribution is 0.584. The van der Waals surface area contributed by atoms with E-state index in [1.807, 2.05) is 13.8 Å². The van der Waals surface area contributed by atoms with Gasteiger partial charge in [-0.25, -0.2) is 18.7 Å². The maximum Gasteiger partial charge on any atom is 0.132 e. The summed E-state index contributed by atoms with van der Waals surface area (Å²) in [6.07, 6.45) is 2.36. The van der Waals surface area contributed by atoms with Gasteiger partial charge in [0.1, 0.15) is 23.8 Å². The van der Waals surface area contributed by atoms with Crippen molar-refractivity contribution in [3.63, 3.8) is 0 Å². The minimum absolute atomic E-state index is 0.414. The summed E-state index contributed by atoms with van der Waals surface area (Å²) in [5.41, 5.74) is 1.73. The fraction of sp³-hybridized carbons (Fsp3) is 0.286. The van der Waals surface area contributed by atoms with Gasteiger partial charge in [0.2, 0.25) is 0 Å². The molecular formula is C14H15F2N3. The molecule has 0 radical (unpaired) electrons. The minimum atomic E-state index is -0.615. The molecule has 1 heterocycles. The Morgan fingerprint density at radius 3 is 2.42 bits per heavy atom. The molecule has 3 nitrogen and oxygen atoms in total. The number of hydrogen-bond acceptors (Lipinski definition) is 3. The molecule has 0 aliphatic rings. The molecule has 2 rings (SSSR count). The molecule has 1 N–H and O–H groups in total. The van der Waals surface area contributed by atoms with Crippen molar-refractivity contribution in [2.45, 2.75) is 20.3 Å². The highest BCUT2D eigenvalue weighted by atomic mass is 19.1. The Labute approximate surface area is 110 Å². The van der Waals surface area contributed by atoms with Gasteiger partial charge in [-0.1, -0.05) is 6.92 Å². The van der Waals surface area contributed by atoms with Gasteiger partial charge in [0.15, 0.2) is 0 Å². The third-order valence-electron chi connectivity index (χ3n) is 2.76. The lowest BCUT2D eigenvalue weighted by atomic mass is 10.1. The summed E-state index contributed by atoms with van der Waals surface area (Å²) in [7, 11) is 0. The molecule has 100 valence electrons. The first-order valence-corrected chi connectivity index (χ1v) is 6.13. The van der Waals surface area contributed by atoms with Gasteiger partial charge in [0, 0.05) is 23.7 Å². The van der Waals surface area contributed by atoms with Crippen LogP contribution in [0.4, 0.5) is 14.6 Å². The highest BCUT2D eigenvalue weighted by molar-refractivity contribution is 5.67. The van der Waals surface area contributed by atoms with Gasteiger partial charge in [-0.3, -0.25) is 0 Å². The van der Waals surface area contributed by atoms with Crippen LogP contribution < -0.4 is 5.32 Å². The molecule has 0 bridgehead atoms. The van der Waals surface area contributed by atoms with Crippen molar-refractivity contribution in [3.8, 4) is 11.3 Å². The number of rotatable bonds is 4. The molecule has 0 saturated heterocycles. The smallest absolute Gasteiger partial charge is 0.132 e. The van der Waals surface area contributed by atoms with Crippen molar-refractivity contribution >= 4 is 5.82 Å². The van der Waals surface area contributed by atoms with Crippen molar-refractivity contribution in [1.82, 2.24) is 9.97 Å². The molecule has 1 aromatic carbocycles. The van der Waals surface area contributed by atoms with E-state index < -0.39 is 11.6 Å². The van der Waals surface area contributed by atoms with Crippen molar-refractivity contribution in [2.75, 3.05) is 11.9 Å². The average Bonchev–Trinajstić information content (AvgIpc) is 2.36. The van der Waals surface area contributed by atoms with Crippen LogP contribution in [0.2, 0.25) is 0 Å². The molecular weight excluding hydrogens is 248 g/mol. The number of hydrogen-bond donors (Lipinski definition) is 1. The second-order valence-corrected chi connectivity index (χ2v) is 4.28. The Morgan fingerprint density at radius 2 is 1.79 bits per heavy atom. The monoisotopic (exact) mass is 263 g/mol. The number of nitrogens with zero attached hydrogens (tertiary/aromatic N) is 2. The average molecular weight is 263 g/mol. The van der Waals surface area contributed by atoms with Gasteiger partial charge in [-0.05, 0) is 25.5 Å². The van der Waals surface area contributed by atoms with Crippen LogP contribution in [0.15, 0.2) is 24.5 Å². The number of nitrogens with one attached hydrogen (secondary N) is 1. The zero-order valence-electron chi connectivity index (χ0n) is 10.9. The largest absolute Gasteiger partial charge is 0.370 e. The molecule has 0 amide bonds. The number of halogens is 2. The number of benzene rings is 1. The normalized spacial score (nSPS) is 10.5. The van der Waals surface area contributed by atoms with Crippen LogP contribution >= 0.6 is 0 Å². The lowest BCUT2D eigenvalue weighted by Crippen LogP contribution is -2.05. The van der Waals surface area contributed by atoms with Crippen molar-refractivity contribution < 1.29 is 8.78 Å². The Morgan fingerprint density at radius 1 is 1.11 bits per heavy atom. The first kappa shape index (κ1) is 13.4. The summed E-state index contributed by atoms with van der Waals surface area (Å²) < 4.78 is 26.5. The van der Waals surface area contributed by atoms with Crippen LogP contribution in [0.25, 0.3) is 11.3 Å². The molecule has 0 saturated carbocycles. The second kappa shape index (κ2) is 5.73. The van der Waals surface area contributed by atoms with Crippen LogP contribution in [0.3, 0.4) is 0 Å². The van der Waals surface area contributed by atoms with Crippen LogP contribution in [0, 0.1) is 18.6 Å². The molecule has 0 aliphatic carbocycles. The zero-order chi connectivity index (χ0) is 13.8. The van der Waals surface area contributed by atoms with Gasteiger partial charge in [0.25, 0.3) is 0 Å². The molecule has 5 heteroatoms. The van der Waals surface area contributed by atoms with E-state index in [0.717, 1.165) is 24.6 Å². The summed E-state index contributed by atoms with van der Waals surface area (Å²) in [5, 5.41) is 3.16. The van der Waals surface area contributed by atoms with E-state index >= 15 is 0 Å². The number of aromatic nitrogens is 2. The van der Waals surface area contributed by atoms with Gasteiger partial charge in [-0.15, -0.1) is 0 Å². The SMILES string of the molecule is CCCNc1ncnc(-c2cc(F)cc(F)c2)c1C. The molecule has 0 atom stereocenters.